The van der Waals surface area contributed by atoms with E-state index in [1.54, 1.807) is 11.3 Å². The Morgan fingerprint density at radius 2 is 2.31 bits per heavy atom. The van der Waals surface area contributed by atoms with Crippen molar-refractivity contribution in [2.24, 2.45) is 0 Å². The number of aromatic nitrogens is 1. The van der Waals surface area contributed by atoms with E-state index in [4.69, 9.17) is 11.6 Å². The van der Waals surface area contributed by atoms with E-state index >= 15 is 0 Å². The zero-order chi connectivity index (χ0) is 11.0. The van der Waals surface area contributed by atoms with Crippen molar-refractivity contribution in [1.29, 1.82) is 0 Å². The molecule has 0 amide bonds. The third kappa shape index (κ3) is 1.86. The highest BCUT2D eigenvalue weighted by Crippen LogP contribution is 2.30. The van der Waals surface area contributed by atoms with Crippen molar-refractivity contribution in [3.8, 4) is 10.6 Å². The quantitative estimate of drug-likeness (QED) is 0.841. The molecule has 82 valence electrons. The Kier molecular flexibility index (Phi) is 2.67. The van der Waals surface area contributed by atoms with Crippen molar-refractivity contribution in [2.75, 3.05) is 6.54 Å². The molecule has 1 aliphatic rings. The van der Waals surface area contributed by atoms with E-state index in [1.165, 1.54) is 10.6 Å². The Morgan fingerprint density at radius 1 is 1.38 bits per heavy atom. The first-order valence-electron chi connectivity index (χ1n) is 5.28. The van der Waals surface area contributed by atoms with Crippen LogP contribution in [0.5, 0.6) is 0 Å². The van der Waals surface area contributed by atoms with Gasteiger partial charge in [0.25, 0.3) is 0 Å². The minimum absolute atomic E-state index is 0.767. The third-order valence-electron chi connectivity index (χ3n) is 2.67. The number of halogens is 1. The average molecular weight is 251 g/mol. The third-order valence-corrected chi connectivity index (χ3v) is 4.11. The fourth-order valence-electron chi connectivity index (χ4n) is 1.87. The first-order valence-corrected chi connectivity index (χ1v) is 6.47. The molecule has 0 radical (unpaired) electrons. The van der Waals surface area contributed by atoms with E-state index < -0.39 is 0 Å². The van der Waals surface area contributed by atoms with Crippen molar-refractivity contribution in [2.45, 2.75) is 13.0 Å². The van der Waals surface area contributed by atoms with Crippen LogP contribution in [-0.4, -0.2) is 11.5 Å². The summed E-state index contributed by atoms with van der Waals surface area (Å²) in [4.78, 5) is 6.07. The molecule has 0 fully saturated rings. The maximum atomic E-state index is 5.99. The molecule has 0 unspecified atom stereocenters. The normalized spacial score (nSPS) is 14.8. The summed E-state index contributed by atoms with van der Waals surface area (Å²) in [6.45, 7) is 1.95. The molecule has 0 aliphatic carbocycles. The van der Waals surface area contributed by atoms with Gasteiger partial charge in [-0.15, -0.1) is 11.3 Å². The van der Waals surface area contributed by atoms with E-state index in [2.05, 4.69) is 16.4 Å². The maximum Gasteiger partial charge on any atom is 0.123 e. The van der Waals surface area contributed by atoms with Gasteiger partial charge >= 0.3 is 0 Å². The van der Waals surface area contributed by atoms with Gasteiger partial charge in [-0.25, -0.2) is 4.98 Å². The molecule has 2 heterocycles. The van der Waals surface area contributed by atoms with Crippen LogP contribution in [0.3, 0.4) is 0 Å². The Hall–Kier alpha value is -0.900. The molecule has 2 nitrogen and oxygen atoms in total. The van der Waals surface area contributed by atoms with Crippen LogP contribution < -0.4 is 5.32 Å². The second-order valence-electron chi connectivity index (χ2n) is 3.83. The van der Waals surface area contributed by atoms with Gasteiger partial charge in [0.05, 0.1) is 5.69 Å². The summed E-state index contributed by atoms with van der Waals surface area (Å²) in [6, 6.07) is 7.89. The molecule has 3 rings (SSSR count). The lowest BCUT2D eigenvalue weighted by Crippen LogP contribution is -2.22. The standard InChI is InChI=1S/C12H11ClN2S/c13-9-3-1-2-8(6-9)12-15-10-7-14-5-4-11(10)16-12/h1-3,6,14H,4-5,7H2. The van der Waals surface area contributed by atoms with Gasteiger partial charge in [0.15, 0.2) is 0 Å². The molecular formula is C12H11ClN2S. The summed E-state index contributed by atoms with van der Waals surface area (Å²) >= 11 is 7.77. The van der Waals surface area contributed by atoms with Crippen molar-refractivity contribution < 1.29 is 0 Å². The lowest BCUT2D eigenvalue weighted by Gasteiger charge is -2.09. The number of nitrogens with one attached hydrogen (secondary N) is 1. The molecule has 1 aliphatic heterocycles. The predicted molar refractivity (Wildman–Crippen MR) is 68.0 cm³/mol. The van der Waals surface area contributed by atoms with E-state index in [9.17, 15) is 0 Å². The number of rotatable bonds is 1. The highest BCUT2D eigenvalue weighted by Gasteiger charge is 2.15. The maximum absolute atomic E-state index is 5.99. The van der Waals surface area contributed by atoms with Crippen molar-refractivity contribution in [3.63, 3.8) is 0 Å². The molecule has 1 aromatic carbocycles. The Labute approximate surface area is 103 Å². The number of benzene rings is 1. The van der Waals surface area contributed by atoms with Crippen molar-refractivity contribution in [3.05, 3.63) is 39.9 Å². The van der Waals surface area contributed by atoms with Gasteiger partial charge < -0.3 is 5.32 Å². The van der Waals surface area contributed by atoms with E-state index in [1.807, 2.05) is 18.2 Å². The smallest absolute Gasteiger partial charge is 0.123 e. The molecule has 16 heavy (non-hydrogen) atoms. The zero-order valence-corrected chi connectivity index (χ0v) is 10.2. The number of nitrogens with zero attached hydrogens (tertiary/aromatic N) is 1. The topological polar surface area (TPSA) is 24.9 Å². The molecular weight excluding hydrogens is 240 g/mol. The predicted octanol–water partition coefficient (Wildman–Crippen LogP) is 3.11. The number of hydrogen-bond donors (Lipinski definition) is 1. The monoisotopic (exact) mass is 250 g/mol. The van der Waals surface area contributed by atoms with Gasteiger partial charge in [0, 0.05) is 28.6 Å². The molecule has 0 bridgehead atoms. The van der Waals surface area contributed by atoms with Gasteiger partial charge in [-0.2, -0.15) is 0 Å². The Morgan fingerprint density at radius 3 is 3.12 bits per heavy atom. The van der Waals surface area contributed by atoms with Gasteiger partial charge in [-0.1, -0.05) is 23.7 Å². The van der Waals surface area contributed by atoms with E-state index in [0.29, 0.717) is 0 Å². The van der Waals surface area contributed by atoms with Crippen LogP contribution in [0.1, 0.15) is 10.6 Å². The summed E-state index contributed by atoms with van der Waals surface area (Å²) in [5.41, 5.74) is 2.32. The minimum atomic E-state index is 0.767. The van der Waals surface area contributed by atoms with Crippen LogP contribution in [0, 0.1) is 0 Å². The molecule has 0 saturated carbocycles. The van der Waals surface area contributed by atoms with Crippen LogP contribution >= 0.6 is 22.9 Å². The first-order chi connectivity index (χ1) is 7.83. The average Bonchev–Trinajstić information content (AvgIpc) is 2.72. The van der Waals surface area contributed by atoms with Gasteiger partial charge in [-0.3, -0.25) is 0 Å². The number of thiazole rings is 1. The van der Waals surface area contributed by atoms with E-state index in [0.717, 1.165) is 35.1 Å². The second kappa shape index (κ2) is 4.17. The Bertz CT molecular complexity index is 498. The Balaban J connectivity index is 2.03. The molecule has 2 aromatic rings. The lowest BCUT2D eigenvalue weighted by atomic mass is 10.2. The number of hydrogen-bond acceptors (Lipinski definition) is 3. The van der Waals surface area contributed by atoms with Crippen LogP contribution in [0.2, 0.25) is 5.02 Å². The number of fused-ring (bicyclic) bond motifs is 1. The highest BCUT2D eigenvalue weighted by atomic mass is 35.5. The SMILES string of the molecule is Clc1cccc(-c2nc3c(s2)CCNC3)c1. The van der Waals surface area contributed by atoms with Gasteiger partial charge in [0.1, 0.15) is 5.01 Å². The molecule has 0 saturated heterocycles. The second-order valence-corrected chi connectivity index (χ2v) is 5.35. The van der Waals surface area contributed by atoms with Crippen molar-refractivity contribution in [1.82, 2.24) is 10.3 Å². The van der Waals surface area contributed by atoms with E-state index in [-0.39, 0.29) is 0 Å². The van der Waals surface area contributed by atoms with Crippen LogP contribution in [0.25, 0.3) is 10.6 Å². The summed E-state index contributed by atoms with van der Waals surface area (Å²) in [5.74, 6) is 0. The molecule has 1 N–H and O–H groups in total. The highest BCUT2D eigenvalue weighted by molar-refractivity contribution is 7.15. The molecule has 0 atom stereocenters. The minimum Gasteiger partial charge on any atom is -0.311 e. The summed E-state index contributed by atoms with van der Waals surface area (Å²) in [6.07, 6.45) is 1.09. The van der Waals surface area contributed by atoms with Crippen LogP contribution in [0.4, 0.5) is 0 Å². The van der Waals surface area contributed by atoms with Crippen LogP contribution in [0.15, 0.2) is 24.3 Å². The first kappa shape index (κ1) is 10.3. The fourth-order valence-corrected chi connectivity index (χ4v) is 3.13. The van der Waals surface area contributed by atoms with Gasteiger partial charge in [0.2, 0.25) is 0 Å². The van der Waals surface area contributed by atoms with Crippen LogP contribution in [-0.2, 0) is 13.0 Å². The molecule has 0 spiro atoms. The zero-order valence-electron chi connectivity index (χ0n) is 8.66. The summed E-state index contributed by atoms with van der Waals surface area (Å²) < 4.78 is 0. The summed E-state index contributed by atoms with van der Waals surface area (Å²) in [5, 5.41) is 5.18. The van der Waals surface area contributed by atoms with Crippen molar-refractivity contribution >= 4 is 22.9 Å². The molecule has 1 aromatic heterocycles. The largest absolute Gasteiger partial charge is 0.311 e. The molecule has 4 heteroatoms. The fraction of sp³-hybridized carbons (Fsp3) is 0.250. The lowest BCUT2D eigenvalue weighted by molar-refractivity contribution is 0.639. The summed E-state index contributed by atoms with van der Waals surface area (Å²) in [7, 11) is 0. The van der Waals surface area contributed by atoms with Gasteiger partial charge in [-0.05, 0) is 18.6 Å².